The first-order valence-electron chi connectivity index (χ1n) is 5.20. The Balaban J connectivity index is 2.41. The first-order valence-corrected chi connectivity index (χ1v) is 5.20. The predicted molar refractivity (Wildman–Crippen MR) is 55.8 cm³/mol. The van der Waals surface area contributed by atoms with Crippen molar-refractivity contribution in [1.82, 2.24) is 9.55 Å². The Morgan fingerprint density at radius 2 is 1.43 bits per heavy atom. The van der Waals surface area contributed by atoms with E-state index in [9.17, 15) is 26.3 Å². The largest absolute Gasteiger partial charge is 0.573 e. The van der Waals surface area contributed by atoms with Gasteiger partial charge >= 0.3 is 12.7 Å². The summed E-state index contributed by atoms with van der Waals surface area (Å²) in [6.07, 6.45) is -5.24. The third-order valence-corrected chi connectivity index (χ3v) is 2.07. The van der Waals surface area contributed by atoms with Gasteiger partial charge in [-0.3, -0.25) is 4.57 Å². The zero-order valence-corrected chi connectivity index (χ0v) is 9.87. The molecule has 113 valence electrons. The Kier molecular flexibility index (Phi) is 3.71. The summed E-state index contributed by atoms with van der Waals surface area (Å²) < 4.78 is 81.3. The van der Waals surface area contributed by atoms with Gasteiger partial charge in [0.25, 0.3) is 0 Å². The van der Waals surface area contributed by atoms with E-state index in [1.54, 1.807) is 0 Å². The summed E-state index contributed by atoms with van der Waals surface area (Å²) in [5, 5.41) is 0. The van der Waals surface area contributed by atoms with Crippen LogP contribution in [0.25, 0.3) is 5.69 Å². The van der Waals surface area contributed by atoms with Gasteiger partial charge in [-0.1, -0.05) is 0 Å². The monoisotopic (exact) mass is 311 g/mol. The molecule has 0 aliphatic heterocycles. The molecule has 1 aromatic heterocycles. The second-order valence-corrected chi connectivity index (χ2v) is 3.66. The molecule has 1 radical (unpaired) electrons. The SMILES string of the molecule is FC(F)(F)Oc1cc(OC(F)(F)F)cc(-n2[c]ncc2)c1. The van der Waals surface area contributed by atoms with Gasteiger partial charge in [0.1, 0.15) is 11.5 Å². The highest BCUT2D eigenvalue weighted by molar-refractivity contribution is 5.46. The summed E-state index contributed by atoms with van der Waals surface area (Å²) in [4.78, 5) is 3.52. The number of nitrogens with zero attached hydrogens (tertiary/aromatic N) is 2. The summed E-state index contributed by atoms with van der Waals surface area (Å²) in [6, 6.07) is 2.21. The van der Waals surface area contributed by atoms with E-state index in [0.717, 1.165) is 16.7 Å². The van der Waals surface area contributed by atoms with Gasteiger partial charge in [-0.2, -0.15) is 0 Å². The van der Waals surface area contributed by atoms with Gasteiger partial charge in [0.05, 0.1) is 5.69 Å². The fourth-order valence-corrected chi connectivity index (χ4v) is 1.45. The summed E-state index contributed by atoms with van der Waals surface area (Å²) in [7, 11) is 0. The van der Waals surface area contributed by atoms with Crippen molar-refractivity contribution in [1.29, 1.82) is 0 Å². The smallest absolute Gasteiger partial charge is 0.406 e. The highest BCUT2D eigenvalue weighted by Gasteiger charge is 2.34. The first kappa shape index (κ1) is 15.0. The average molecular weight is 311 g/mol. The number of halogens is 6. The maximum absolute atomic E-state index is 12.2. The molecule has 2 rings (SSSR count). The highest BCUT2D eigenvalue weighted by atomic mass is 19.4. The van der Waals surface area contributed by atoms with Crippen molar-refractivity contribution in [2.24, 2.45) is 0 Å². The van der Waals surface area contributed by atoms with E-state index in [1.807, 2.05) is 0 Å². The second-order valence-electron chi connectivity index (χ2n) is 3.66. The Labute approximate surface area is 113 Å². The van der Waals surface area contributed by atoms with Crippen LogP contribution in [0.2, 0.25) is 0 Å². The third kappa shape index (κ3) is 4.58. The van der Waals surface area contributed by atoms with Gasteiger partial charge in [-0.15, -0.1) is 26.3 Å². The Bertz CT molecular complexity index is 572. The standard InChI is InChI=1S/C11H5F6N2O2/c12-10(13,14)20-8-3-7(19-2-1-18-6-19)4-9(5-8)21-11(15,16)17/h1-5H. The molecular weight excluding hydrogens is 306 g/mol. The molecule has 0 saturated carbocycles. The summed E-state index contributed by atoms with van der Waals surface area (Å²) in [5.41, 5.74) is -0.0894. The Morgan fingerprint density at radius 1 is 0.905 bits per heavy atom. The lowest BCUT2D eigenvalue weighted by molar-refractivity contribution is -0.276. The number of imidazole rings is 1. The molecule has 21 heavy (non-hydrogen) atoms. The van der Waals surface area contributed by atoms with Gasteiger partial charge in [0.15, 0.2) is 6.33 Å². The third-order valence-electron chi connectivity index (χ3n) is 2.07. The minimum Gasteiger partial charge on any atom is -0.406 e. The van der Waals surface area contributed by atoms with E-state index in [4.69, 9.17) is 0 Å². The van der Waals surface area contributed by atoms with E-state index in [-0.39, 0.29) is 5.69 Å². The maximum Gasteiger partial charge on any atom is 0.573 e. The van der Waals surface area contributed by atoms with E-state index < -0.39 is 24.2 Å². The molecular formula is C11H5F6N2O2. The maximum atomic E-state index is 12.2. The Morgan fingerprint density at radius 3 is 1.81 bits per heavy atom. The van der Waals surface area contributed by atoms with Crippen LogP contribution in [-0.2, 0) is 0 Å². The van der Waals surface area contributed by atoms with E-state index in [2.05, 4.69) is 20.8 Å². The topological polar surface area (TPSA) is 36.3 Å². The number of rotatable bonds is 3. The molecule has 10 heteroatoms. The van der Waals surface area contributed by atoms with Crippen LogP contribution in [0.1, 0.15) is 0 Å². The number of alkyl halides is 6. The summed E-state index contributed by atoms with van der Waals surface area (Å²) in [6.45, 7) is 0. The average Bonchev–Trinajstić information content (AvgIpc) is 2.76. The van der Waals surface area contributed by atoms with Crippen molar-refractivity contribution < 1.29 is 35.8 Å². The van der Waals surface area contributed by atoms with E-state index in [1.165, 1.54) is 12.4 Å². The van der Waals surface area contributed by atoms with Crippen LogP contribution in [0.3, 0.4) is 0 Å². The van der Waals surface area contributed by atoms with Crippen LogP contribution >= 0.6 is 0 Å². The lowest BCUT2D eigenvalue weighted by Crippen LogP contribution is -2.19. The fourth-order valence-electron chi connectivity index (χ4n) is 1.45. The summed E-state index contributed by atoms with van der Waals surface area (Å²) in [5.74, 6) is -1.72. The molecule has 2 aromatic rings. The van der Waals surface area contributed by atoms with Crippen LogP contribution in [0, 0.1) is 6.33 Å². The molecule has 0 spiro atoms. The molecule has 0 aliphatic carbocycles. The second kappa shape index (κ2) is 5.19. The number of ether oxygens (including phenoxy) is 2. The van der Waals surface area contributed by atoms with Gasteiger partial charge in [-0.05, 0) is 0 Å². The van der Waals surface area contributed by atoms with Crippen LogP contribution in [-0.4, -0.2) is 22.3 Å². The minimum atomic E-state index is -5.05. The van der Waals surface area contributed by atoms with Gasteiger partial charge < -0.3 is 9.47 Å². The van der Waals surface area contributed by atoms with E-state index in [0.29, 0.717) is 6.07 Å². The molecule has 1 aromatic carbocycles. The number of benzene rings is 1. The number of aromatic nitrogens is 2. The molecule has 0 bridgehead atoms. The van der Waals surface area contributed by atoms with Crippen LogP contribution < -0.4 is 9.47 Å². The minimum absolute atomic E-state index is 0.0894. The molecule has 0 aliphatic rings. The fraction of sp³-hybridized carbons (Fsp3) is 0.182. The molecule has 0 atom stereocenters. The molecule has 0 saturated heterocycles. The zero-order chi connectivity index (χ0) is 15.7. The van der Waals surface area contributed by atoms with Crippen molar-refractivity contribution in [3.63, 3.8) is 0 Å². The first-order chi connectivity index (χ1) is 9.62. The molecule has 0 amide bonds. The number of hydrogen-bond donors (Lipinski definition) is 0. The van der Waals surface area contributed by atoms with Crippen LogP contribution in [0.4, 0.5) is 26.3 Å². The van der Waals surface area contributed by atoms with Gasteiger partial charge in [0.2, 0.25) is 0 Å². The van der Waals surface area contributed by atoms with Gasteiger partial charge in [-0.25, -0.2) is 4.98 Å². The molecule has 0 fully saturated rings. The molecule has 0 N–H and O–H groups in total. The van der Waals surface area contributed by atoms with Gasteiger partial charge in [0, 0.05) is 30.6 Å². The summed E-state index contributed by atoms with van der Waals surface area (Å²) >= 11 is 0. The predicted octanol–water partition coefficient (Wildman–Crippen LogP) is 3.47. The molecule has 0 unspecified atom stereocenters. The molecule has 1 heterocycles. The Hall–Kier alpha value is -2.39. The van der Waals surface area contributed by atoms with Crippen LogP contribution in [0.5, 0.6) is 11.5 Å². The van der Waals surface area contributed by atoms with E-state index >= 15 is 0 Å². The zero-order valence-electron chi connectivity index (χ0n) is 9.87. The van der Waals surface area contributed by atoms with Crippen LogP contribution in [0.15, 0.2) is 30.6 Å². The van der Waals surface area contributed by atoms with Crippen molar-refractivity contribution in [2.45, 2.75) is 12.7 Å². The normalized spacial score (nSPS) is 12.3. The highest BCUT2D eigenvalue weighted by Crippen LogP contribution is 2.32. The van der Waals surface area contributed by atoms with Crippen molar-refractivity contribution >= 4 is 0 Å². The number of hydrogen-bond acceptors (Lipinski definition) is 3. The van der Waals surface area contributed by atoms with Crippen molar-refractivity contribution in [3.8, 4) is 17.2 Å². The van der Waals surface area contributed by atoms with Crippen molar-refractivity contribution in [2.75, 3.05) is 0 Å². The van der Waals surface area contributed by atoms with Crippen molar-refractivity contribution in [3.05, 3.63) is 36.9 Å². The molecule has 4 nitrogen and oxygen atoms in total. The quantitative estimate of drug-likeness (QED) is 0.814. The lowest BCUT2D eigenvalue weighted by Gasteiger charge is -2.14. The lowest BCUT2D eigenvalue weighted by atomic mass is 10.2.